The second-order valence-corrected chi connectivity index (χ2v) is 10.2. The zero-order valence-corrected chi connectivity index (χ0v) is 21.3. The van der Waals surface area contributed by atoms with E-state index in [9.17, 15) is 10.2 Å². The number of halogens is 2. The molecule has 3 heterocycles. The molecule has 4 N–H and O–H groups in total. The van der Waals surface area contributed by atoms with Gasteiger partial charge in [-0.05, 0) is 36.7 Å². The lowest BCUT2D eigenvalue weighted by Crippen LogP contribution is -2.61. The molecule has 0 amide bonds. The molecule has 10 heteroatoms. The number of rotatable bonds is 10. The molecular weight excluding hydrogens is 477 g/mol. The highest BCUT2D eigenvalue weighted by Crippen LogP contribution is 2.39. The van der Waals surface area contributed by atoms with Gasteiger partial charge in [-0.3, -0.25) is 0 Å². The summed E-state index contributed by atoms with van der Waals surface area (Å²) in [5, 5.41) is 25.3. The van der Waals surface area contributed by atoms with Crippen molar-refractivity contribution in [3.63, 3.8) is 0 Å². The van der Waals surface area contributed by atoms with Crippen LogP contribution in [0.4, 0.5) is 0 Å². The Morgan fingerprint density at radius 3 is 2.71 bits per heavy atom. The van der Waals surface area contributed by atoms with Gasteiger partial charge in [0.25, 0.3) is 0 Å². The molecule has 0 saturated carbocycles. The van der Waals surface area contributed by atoms with Crippen molar-refractivity contribution in [1.29, 1.82) is 0 Å². The van der Waals surface area contributed by atoms with Crippen molar-refractivity contribution < 1.29 is 14.9 Å². The van der Waals surface area contributed by atoms with Gasteiger partial charge in [0, 0.05) is 54.1 Å². The Morgan fingerprint density at radius 2 is 2.06 bits per heavy atom. The molecule has 1 atom stereocenters. The van der Waals surface area contributed by atoms with E-state index in [0.717, 1.165) is 29.5 Å². The quantitative estimate of drug-likeness (QED) is 0.359. The Balaban J connectivity index is 1.67. The van der Waals surface area contributed by atoms with Gasteiger partial charge >= 0.3 is 0 Å². The van der Waals surface area contributed by atoms with Crippen molar-refractivity contribution in [2.45, 2.75) is 20.0 Å². The van der Waals surface area contributed by atoms with Crippen LogP contribution in [0.15, 0.2) is 46.5 Å². The van der Waals surface area contributed by atoms with Gasteiger partial charge in [-0.2, -0.15) is 0 Å². The lowest BCUT2D eigenvalue weighted by atomic mass is 9.82. The van der Waals surface area contributed by atoms with E-state index in [2.05, 4.69) is 29.5 Å². The minimum atomic E-state index is -0.622. The molecule has 1 saturated heterocycles. The molecular formula is C24H33Cl2N5O3. The number of nitrogens with zero attached hydrogens (tertiary/aromatic N) is 3. The summed E-state index contributed by atoms with van der Waals surface area (Å²) in [6.07, 6.45) is 1.41. The molecule has 4 rings (SSSR count). The predicted octanol–water partition coefficient (Wildman–Crippen LogP) is 2.16. The van der Waals surface area contributed by atoms with Crippen LogP contribution in [0.1, 0.15) is 19.4 Å². The maximum Gasteiger partial charge on any atom is 0.150 e. The average Bonchev–Trinajstić information content (AvgIpc) is 3.22. The van der Waals surface area contributed by atoms with Gasteiger partial charge in [-0.1, -0.05) is 25.4 Å². The lowest BCUT2D eigenvalue weighted by Gasteiger charge is -2.52. The minimum Gasteiger partial charge on any atom is -0.491 e. The number of hydrazine groups is 1. The number of ether oxygens (including phenoxy) is 1. The number of aliphatic imine (C=N–C) groups is 1. The first-order chi connectivity index (χ1) is 16.3. The number of aliphatic hydroxyl groups is 2. The fourth-order valence-corrected chi connectivity index (χ4v) is 4.86. The highest BCUT2D eigenvalue weighted by molar-refractivity contribution is 6.31. The first kappa shape index (κ1) is 25.3. The normalized spacial score (nSPS) is 20.2. The average molecular weight is 510 g/mol. The van der Waals surface area contributed by atoms with Crippen molar-refractivity contribution in [3.05, 3.63) is 52.1 Å². The van der Waals surface area contributed by atoms with Crippen molar-refractivity contribution in [1.82, 2.24) is 20.7 Å². The number of benzene rings is 1. The van der Waals surface area contributed by atoms with E-state index in [1.165, 1.54) is 5.57 Å². The smallest absolute Gasteiger partial charge is 0.150 e. The number of hydrogen-bond donors (Lipinski definition) is 4. The third-order valence-electron chi connectivity index (χ3n) is 6.39. The predicted molar refractivity (Wildman–Crippen MR) is 135 cm³/mol. The third-order valence-corrected chi connectivity index (χ3v) is 7.17. The van der Waals surface area contributed by atoms with Crippen LogP contribution in [-0.4, -0.2) is 84.3 Å². The van der Waals surface area contributed by atoms with Crippen molar-refractivity contribution >= 4 is 28.9 Å². The molecule has 1 aromatic rings. The number of nitrogens with one attached hydrogen (secondary N) is 2. The first-order valence-electron chi connectivity index (χ1n) is 11.5. The van der Waals surface area contributed by atoms with E-state index in [0.29, 0.717) is 42.2 Å². The second kappa shape index (κ2) is 10.4. The standard InChI is InChI=1S/C24H33Cl2N5O3/c1-15(2)20-9-28-31-22(30-12-24(11-25,13-30)14-32)7-21(29-23(20)31)16-4-17(26)6-19(5-16)34-10-18(33)8-27-3/h4-7,15,18,27-28,32-33H,8-14H2,1-3H3. The van der Waals surface area contributed by atoms with Crippen LogP contribution in [0.2, 0.25) is 5.02 Å². The van der Waals surface area contributed by atoms with Gasteiger partial charge in [0.05, 0.1) is 12.3 Å². The molecule has 186 valence electrons. The summed E-state index contributed by atoms with van der Waals surface area (Å²) in [4.78, 5) is 7.21. The lowest BCUT2D eigenvalue weighted by molar-refractivity contribution is -0.0209. The zero-order valence-electron chi connectivity index (χ0n) is 19.8. The van der Waals surface area contributed by atoms with Crippen molar-refractivity contribution in [2.24, 2.45) is 16.3 Å². The van der Waals surface area contributed by atoms with Crippen LogP contribution in [-0.2, 0) is 0 Å². The summed E-state index contributed by atoms with van der Waals surface area (Å²) >= 11 is 12.6. The largest absolute Gasteiger partial charge is 0.491 e. The summed E-state index contributed by atoms with van der Waals surface area (Å²) in [6, 6.07) is 5.50. The number of likely N-dealkylation sites (N-methyl/N-ethyl adjacent to an activating group) is 1. The molecule has 0 bridgehead atoms. The summed E-state index contributed by atoms with van der Waals surface area (Å²) in [7, 11) is 1.78. The van der Waals surface area contributed by atoms with Gasteiger partial charge in [0.15, 0.2) is 0 Å². The number of allylic oxidation sites excluding steroid dienone is 1. The van der Waals surface area contributed by atoms with Gasteiger partial charge in [0.2, 0.25) is 0 Å². The van der Waals surface area contributed by atoms with Crippen molar-refractivity contribution in [3.8, 4) is 5.75 Å². The number of hydrogen-bond acceptors (Lipinski definition) is 8. The molecule has 34 heavy (non-hydrogen) atoms. The molecule has 0 aliphatic carbocycles. The summed E-state index contributed by atoms with van der Waals surface area (Å²) in [5.41, 5.74) is 6.00. The van der Waals surface area contributed by atoms with E-state index in [-0.39, 0.29) is 18.6 Å². The molecule has 1 fully saturated rings. The number of alkyl halides is 1. The second-order valence-electron chi connectivity index (χ2n) is 9.52. The number of aliphatic hydroxyl groups excluding tert-OH is 2. The van der Waals surface area contributed by atoms with Crippen LogP contribution >= 0.6 is 23.2 Å². The Labute approximate surface area is 210 Å². The van der Waals surface area contributed by atoms with Gasteiger partial charge in [0.1, 0.15) is 30.1 Å². The third kappa shape index (κ3) is 5.08. The van der Waals surface area contributed by atoms with E-state index in [1.807, 2.05) is 23.2 Å². The topological polar surface area (TPSA) is 92.6 Å². The number of likely N-dealkylation sites (tertiary alicyclic amines) is 1. The van der Waals surface area contributed by atoms with Crippen LogP contribution in [0.5, 0.6) is 5.75 Å². The van der Waals surface area contributed by atoms with E-state index in [4.69, 9.17) is 32.9 Å². The molecule has 0 radical (unpaired) electrons. The molecule has 0 spiro atoms. The SMILES string of the molecule is CNCC(O)COc1cc(Cl)cc(C2=NC3=C(C(C)C)CNN3C(N3CC(CO)(CCl)C3)=C2)c1. The zero-order chi connectivity index (χ0) is 24.5. The highest BCUT2D eigenvalue weighted by Gasteiger charge is 2.45. The Kier molecular flexibility index (Phi) is 7.76. The molecule has 8 nitrogen and oxygen atoms in total. The van der Waals surface area contributed by atoms with Crippen LogP contribution in [0.25, 0.3) is 0 Å². The van der Waals surface area contributed by atoms with Crippen molar-refractivity contribution in [2.75, 3.05) is 52.3 Å². The maximum absolute atomic E-state index is 9.99. The highest BCUT2D eigenvalue weighted by atomic mass is 35.5. The van der Waals surface area contributed by atoms with E-state index < -0.39 is 6.10 Å². The summed E-state index contributed by atoms with van der Waals surface area (Å²) in [5.74, 6) is 3.18. The maximum atomic E-state index is 9.99. The molecule has 1 unspecified atom stereocenters. The Morgan fingerprint density at radius 1 is 1.29 bits per heavy atom. The fourth-order valence-electron chi connectivity index (χ4n) is 4.38. The van der Waals surface area contributed by atoms with Crippen LogP contribution in [0, 0.1) is 11.3 Å². The fraction of sp³-hybridized carbons (Fsp3) is 0.542. The van der Waals surface area contributed by atoms with Gasteiger partial charge in [-0.25, -0.2) is 15.4 Å². The van der Waals surface area contributed by atoms with Crippen LogP contribution in [0.3, 0.4) is 0 Å². The minimum absolute atomic E-state index is 0.0585. The summed E-state index contributed by atoms with van der Waals surface area (Å²) < 4.78 is 5.80. The molecule has 3 aliphatic heterocycles. The summed E-state index contributed by atoms with van der Waals surface area (Å²) in [6.45, 7) is 7.04. The van der Waals surface area contributed by atoms with E-state index >= 15 is 0 Å². The molecule has 3 aliphatic rings. The van der Waals surface area contributed by atoms with Gasteiger partial charge < -0.3 is 25.2 Å². The molecule has 0 aromatic heterocycles. The monoisotopic (exact) mass is 509 g/mol. The van der Waals surface area contributed by atoms with Gasteiger partial charge in [-0.15, -0.1) is 11.6 Å². The first-order valence-corrected chi connectivity index (χ1v) is 12.5. The molecule has 1 aromatic carbocycles. The van der Waals surface area contributed by atoms with Crippen LogP contribution < -0.4 is 15.5 Å². The number of fused-ring (bicyclic) bond motifs is 1. The van der Waals surface area contributed by atoms with E-state index in [1.54, 1.807) is 13.1 Å². The Bertz CT molecular complexity index is 998. The Hall–Kier alpha value is -1.81.